The van der Waals surface area contributed by atoms with Gasteiger partial charge in [0.1, 0.15) is 11.3 Å². The molecule has 5 heteroatoms. The van der Waals surface area contributed by atoms with Crippen LogP contribution in [0.4, 0.5) is 0 Å². The van der Waals surface area contributed by atoms with Crippen LogP contribution in [0.3, 0.4) is 0 Å². The lowest BCUT2D eigenvalue weighted by atomic mass is 9.83. The largest absolute Gasteiger partial charge is 0.306 e. The van der Waals surface area contributed by atoms with Gasteiger partial charge in [0.2, 0.25) is 0 Å². The molecule has 1 atom stereocenters. The monoisotopic (exact) mass is 308 g/mol. The molecule has 2 aromatic heterocycles. The number of hydrogen-bond donors (Lipinski definition) is 0. The Morgan fingerprint density at radius 1 is 1.29 bits per heavy atom. The third-order valence-electron chi connectivity index (χ3n) is 4.86. The van der Waals surface area contributed by atoms with E-state index < -0.39 is 0 Å². The third kappa shape index (κ3) is 2.28. The van der Waals surface area contributed by atoms with Gasteiger partial charge in [0.05, 0.1) is 11.1 Å². The van der Waals surface area contributed by atoms with Crippen molar-refractivity contribution >= 4 is 22.8 Å². The lowest BCUT2D eigenvalue weighted by Crippen LogP contribution is -2.34. The van der Waals surface area contributed by atoms with Crippen molar-refractivity contribution in [3.05, 3.63) is 11.5 Å². The van der Waals surface area contributed by atoms with E-state index in [1.165, 1.54) is 32.1 Å². The van der Waals surface area contributed by atoms with E-state index in [1.807, 2.05) is 13.8 Å². The van der Waals surface area contributed by atoms with Crippen LogP contribution < -0.4 is 0 Å². The van der Waals surface area contributed by atoms with E-state index >= 15 is 0 Å². The summed E-state index contributed by atoms with van der Waals surface area (Å²) < 4.78 is 4.49. The normalized spacial score (nSPS) is 20.0. The Labute approximate surface area is 131 Å². The third-order valence-corrected chi connectivity index (χ3v) is 5.06. The van der Waals surface area contributed by atoms with E-state index in [0.717, 1.165) is 29.2 Å². The number of rotatable bonds is 3. The van der Waals surface area contributed by atoms with E-state index in [0.29, 0.717) is 0 Å². The molecule has 0 amide bonds. The number of alkyl halides is 1. The summed E-state index contributed by atoms with van der Waals surface area (Å²) in [5.74, 6) is 0.999. The van der Waals surface area contributed by atoms with Crippen LogP contribution in [0.25, 0.3) is 11.2 Å². The van der Waals surface area contributed by atoms with E-state index in [1.54, 1.807) is 0 Å². The number of fused-ring (bicyclic) bond motifs is 1. The topological polar surface area (TPSA) is 35.6 Å². The Kier molecular flexibility index (Phi) is 3.76. The van der Waals surface area contributed by atoms with Crippen molar-refractivity contribution in [1.82, 2.24) is 19.3 Å². The summed E-state index contributed by atoms with van der Waals surface area (Å²) in [5.41, 5.74) is 3.29. The molecule has 2 aromatic rings. The van der Waals surface area contributed by atoms with Crippen molar-refractivity contribution in [2.24, 2.45) is 0 Å². The highest BCUT2D eigenvalue weighted by Gasteiger charge is 2.35. The molecule has 1 fully saturated rings. The smallest absolute Gasteiger partial charge is 0.159 e. The van der Waals surface area contributed by atoms with Gasteiger partial charge in [-0.15, -0.1) is 11.6 Å². The van der Waals surface area contributed by atoms with Crippen LogP contribution in [0.5, 0.6) is 0 Å². The maximum atomic E-state index is 6.45. The maximum Gasteiger partial charge on any atom is 0.159 e. The fourth-order valence-corrected chi connectivity index (χ4v) is 3.89. The zero-order valence-electron chi connectivity index (χ0n) is 13.5. The van der Waals surface area contributed by atoms with Crippen LogP contribution in [-0.2, 0) is 12.1 Å². The Bertz CT molecular complexity index is 647. The Morgan fingerprint density at radius 3 is 2.52 bits per heavy atom. The second-order valence-corrected chi connectivity index (χ2v) is 7.21. The molecule has 21 heavy (non-hydrogen) atoms. The van der Waals surface area contributed by atoms with Gasteiger partial charge in [-0.25, -0.2) is 9.67 Å². The van der Waals surface area contributed by atoms with Crippen LogP contribution in [-0.4, -0.2) is 19.3 Å². The van der Waals surface area contributed by atoms with Gasteiger partial charge in [-0.1, -0.05) is 19.3 Å². The summed E-state index contributed by atoms with van der Waals surface area (Å²) in [6.45, 7) is 9.42. The number of imidazole rings is 1. The van der Waals surface area contributed by atoms with E-state index in [2.05, 4.69) is 28.2 Å². The summed E-state index contributed by atoms with van der Waals surface area (Å²) in [5, 5.41) is 4.56. The molecule has 0 radical (unpaired) electrons. The molecule has 1 aliphatic carbocycles. The molecule has 4 nitrogen and oxygen atoms in total. The van der Waals surface area contributed by atoms with Gasteiger partial charge in [-0.3, -0.25) is 0 Å². The molecule has 3 rings (SSSR count). The first-order valence-electron chi connectivity index (χ1n) is 8.08. The van der Waals surface area contributed by atoms with Crippen molar-refractivity contribution in [3.63, 3.8) is 0 Å². The average molecular weight is 309 g/mol. The van der Waals surface area contributed by atoms with E-state index in [4.69, 9.17) is 16.6 Å². The van der Waals surface area contributed by atoms with Crippen molar-refractivity contribution < 1.29 is 0 Å². The second-order valence-electron chi connectivity index (χ2n) is 6.55. The standard InChI is InChI=1S/C16H25ClN4/c1-5-20-15-13(12(3)19-20)18-14(11(2)17)21(15)16(4)9-7-6-8-10-16/h11H,5-10H2,1-4H3. The van der Waals surface area contributed by atoms with E-state index in [-0.39, 0.29) is 10.9 Å². The summed E-state index contributed by atoms with van der Waals surface area (Å²) in [6.07, 6.45) is 6.30. The van der Waals surface area contributed by atoms with Crippen molar-refractivity contribution in [2.75, 3.05) is 0 Å². The highest BCUT2D eigenvalue weighted by atomic mass is 35.5. The zero-order chi connectivity index (χ0) is 15.2. The molecular weight excluding hydrogens is 284 g/mol. The molecule has 0 aromatic carbocycles. The van der Waals surface area contributed by atoms with Gasteiger partial charge >= 0.3 is 0 Å². The van der Waals surface area contributed by atoms with Crippen molar-refractivity contribution in [1.29, 1.82) is 0 Å². The Morgan fingerprint density at radius 2 is 1.95 bits per heavy atom. The number of hydrogen-bond acceptors (Lipinski definition) is 2. The molecule has 1 saturated carbocycles. The van der Waals surface area contributed by atoms with Crippen LogP contribution in [0.1, 0.15) is 69.8 Å². The first-order valence-corrected chi connectivity index (χ1v) is 8.52. The summed E-state index contributed by atoms with van der Waals surface area (Å²) in [6, 6.07) is 0. The summed E-state index contributed by atoms with van der Waals surface area (Å²) >= 11 is 6.45. The fourth-order valence-electron chi connectivity index (χ4n) is 3.74. The summed E-state index contributed by atoms with van der Waals surface area (Å²) in [7, 11) is 0. The van der Waals surface area contributed by atoms with E-state index in [9.17, 15) is 0 Å². The second kappa shape index (κ2) is 5.31. The van der Waals surface area contributed by atoms with Crippen LogP contribution in [0.2, 0.25) is 0 Å². The minimum atomic E-state index is -0.0825. The molecule has 116 valence electrons. The van der Waals surface area contributed by atoms with Crippen LogP contribution in [0, 0.1) is 6.92 Å². The molecule has 1 unspecified atom stereocenters. The molecular formula is C16H25ClN4. The molecule has 0 spiro atoms. The predicted molar refractivity (Wildman–Crippen MR) is 86.9 cm³/mol. The lowest BCUT2D eigenvalue weighted by Gasteiger charge is -2.37. The van der Waals surface area contributed by atoms with Gasteiger partial charge in [0.15, 0.2) is 5.65 Å². The minimum Gasteiger partial charge on any atom is -0.306 e. The number of aryl methyl sites for hydroxylation is 2. The van der Waals surface area contributed by atoms with Gasteiger partial charge in [-0.2, -0.15) is 5.10 Å². The number of nitrogens with zero attached hydrogens (tertiary/aromatic N) is 4. The highest BCUT2D eigenvalue weighted by Crippen LogP contribution is 2.40. The van der Waals surface area contributed by atoms with Crippen LogP contribution in [0.15, 0.2) is 0 Å². The maximum absolute atomic E-state index is 6.45. The Balaban J connectivity index is 2.29. The van der Waals surface area contributed by atoms with Gasteiger partial charge in [0, 0.05) is 12.1 Å². The number of halogens is 1. The molecule has 0 aliphatic heterocycles. The van der Waals surface area contributed by atoms with Gasteiger partial charge in [0.25, 0.3) is 0 Å². The first kappa shape index (κ1) is 14.9. The fraction of sp³-hybridized carbons (Fsp3) is 0.750. The predicted octanol–water partition coefficient (Wildman–Crippen LogP) is 4.54. The number of aromatic nitrogens is 4. The zero-order valence-corrected chi connectivity index (χ0v) is 14.2. The lowest BCUT2D eigenvalue weighted by molar-refractivity contribution is 0.216. The van der Waals surface area contributed by atoms with Crippen LogP contribution >= 0.6 is 11.6 Å². The quantitative estimate of drug-likeness (QED) is 0.780. The molecule has 2 heterocycles. The molecule has 0 saturated heterocycles. The molecule has 0 bridgehead atoms. The summed E-state index contributed by atoms with van der Waals surface area (Å²) in [4.78, 5) is 4.85. The Hall–Kier alpha value is -1.03. The SMILES string of the molecule is CCn1nc(C)c2nc(C(C)Cl)n(C3(C)CCCCC3)c21. The first-order chi connectivity index (χ1) is 9.98. The van der Waals surface area contributed by atoms with Gasteiger partial charge in [-0.05, 0) is 40.5 Å². The van der Waals surface area contributed by atoms with Gasteiger partial charge < -0.3 is 4.57 Å². The van der Waals surface area contributed by atoms with Crippen molar-refractivity contribution in [2.45, 2.75) is 77.3 Å². The molecule has 1 aliphatic rings. The average Bonchev–Trinajstić information content (AvgIpc) is 2.98. The highest BCUT2D eigenvalue weighted by molar-refractivity contribution is 6.20. The minimum absolute atomic E-state index is 0.0825. The molecule has 0 N–H and O–H groups in total. The van der Waals surface area contributed by atoms with Crippen molar-refractivity contribution in [3.8, 4) is 0 Å².